The van der Waals surface area contributed by atoms with E-state index in [0.717, 1.165) is 32.4 Å². The standard InChI is InChI=1S/C10H13NO3/c12-8-6-10(9(13)14-8)3-5-11-4-1-2-7(10)11/h7H,1-6H2. The van der Waals surface area contributed by atoms with E-state index in [9.17, 15) is 9.59 Å². The van der Waals surface area contributed by atoms with E-state index < -0.39 is 5.41 Å². The summed E-state index contributed by atoms with van der Waals surface area (Å²) >= 11 is 0. The summed E-state index contributed by atoms with van der Waals surface area (Å²) in [5.74, 6) is -0.597. The van der Waals surface area contributed by atoms with Gasteiger partial charge in [0.25, 0.3) is 0 Å². The van der Waals surface area contributed by atoms with Crippen LogP contribution in [0, 0.1) is 5.41 Å². The second-order valence-corrected chi connectivity index (χ2v) is 4.54. The van der Waals surface area contributed by atoms with Gasteiger partial charge in [-0.1, -0.05) is 0 Å². The van der Waals surface area contributed by atoms with E-state index in [2.05, 4.69) is 4.90 Å². The number of cyclic esters (lactones) is 2. The lowest BCUT2D eigenvalue weighted by Gasteiger charge is -2.25. The van der Waals surface area contributed by atoms with Crippen LogP contribution in [0.3, 0.4) is 0 Å². The van der Waals surface area contributed by atoms with Crippen molar-refractivity contribution in [3.63, 3.8) is 0 Å². The van der Waals surface area contributed by atoms with E-state index >= 15 is 0 Å². The van der Waals surface area contributed by atoms with Gasteiger partial charge in [-0.3, -0.25) is 14.5 Å². The molecule has 3 rings (SSSR count). The van der Waals surface area contributed by atoms with Gasteiger partial charge in [0, 0.05) is 6.04 Å². The summed E-state index contributed by atoms with van der Waals surface area (Å²) in [6, 6.07) is 0.279. The number of fused-ring (bicyclic) bond motifs is 2. The molecule has 0 N–H and O–H groups in total. The van der Waals surface area contributed by atoms with Crippen molar-refractivity contribution in [2.75, 3.05) is 13.1 Å². The Kier molecular flexibility index (Phi) is 1.54. The molecule has 3 aliphatic rings. The van der Waals surface area contributed by atoms with Crippen LogP contribution in [0.1, 0.15) is 25.7 Å². The molecule has 0 aliphatic carbocycles. The van der Waals surface area contributed by atoms with Crippen molar-refractivity contribution in [2.45, 2.75) is 31.7 Å². The van der Waals surface area contributed by atoms with Crippen molar-refractivity contribution in [3.05, 3.63) is 0 Å². The van der Waals surface area contributed by atoms with Gasteiger partial charge in [-0.15, -0.1) is 0 Å². The van der Waals surface area contributed by atoms with Crippen LogP contribution in [0.15, 0.2) is 0 Å². The average molecular weight is 195 g/mol. The van der Waals surface area contributed by atoms with E-state index in [0.29, 0.717) is 6.42 Å². The third-order valence-corrected chi connectivity index (χ3v) is 3.92. The molecule has 3 heterocycles. The summed E-state index contributed by atoms with van der Waals surface area (Å²) in [6.07, 6.45) is 3.31. The van der Waals surface area contributed by atoms with Crippen LogP contribution < -0.4 is 0 Å². The van der Waals surface area contributed by atoms with Crippen molar-refractivity contribution in [1.82, 2.24) is 4.90 Å². The van der Waals surface area contributed by atoms with Gasteiger partial charge in [-0.25, -0.2) is 0 Å². The molecular formula is C10H13NO3. The van der Waals surface area contributed by atoms with Crippen molar-refractivity contribution >= 4 is 11.9 Å². The number of carbonyl (C=O) groups excluding carboxylic acids is 2. The minimum Gasteiger partial charge on any atom is -0.393 e. The maximum atomic E-state index is 11.7. The Labute approximate surface area is 82.2 Å². The second kappa shape index (κ2) is 2.57. The number of ether oxygens (including phenoxy) is 1. The van der Waals surface area contributed by atoms with Gasteiger partial charge >= 0.3 is 11.9 Å². The third-order valence-electron chi connectivity index (χ3n) is 3.92. The van der Waals surface area contributed by atoms with E-state index in [-0.39, 0.29) is 18.0 Å². The van der Waals surface area contributed by atoms with Crippen LogP contribution >= 0.6 is 0 Å². The SMILES string of the molecule is O=C1CC2(CCN3CCCC32)C(=O)O1. The number of hydrogen-bond acceptors (Lipinski definition) is 4. The maximum absolute atomic E-state index is 11.7. The minimum absolute atomic E-state index is 0.267. The normalized spacial score (nSPS) is 42.1. The Morgan fingerprint density at radius 3 is 2.93 bits per heavy atom. The number of rotatable bonds is 0. The zero-order chi connectivity index (χ0) is 9.76. The molecule has 1 spiro atoms. The Morgan fingerprint density at radius 1 is 1.36 bits per heavy atom. The fourth-order valence-corrected chi connectivity index (χ4v) is 3.24. The number of esters is 2. The molecule has 4 heteroatoms. The van der Waals surface area contributed by atoms with Gasteiger partial charge in [-0.2, -0.15) is 0 Å². The van der Waals surface area contributed by atoms with Crippen molar-refractivity contribution in [3.8, 4) is 0 Å². The molecule has 2 unspecified atom stereocenters. The fraction of sp³-hybridized carbons (Fsp3) is 0.800. The smallest absolute Gasteiger partial charge is 0.321 e. The molecule has 3 fully saturated rings. The van der Waals surface area contributed by atoms with E-state index in [1.165, 1.54) is 0 Å². The molecule has 0 saturated carbocycles. The van der Waals surface area contributed by atoms with E-state index in [1.54, 1.807) is 0 Å². The van der Waals surface area contributed by atoms with Crippen LogP contribution in [-0.4, -0.2) is 36.0 Å². The van der Waals surface area contributed by atoms with Crippen LogP contribution in [-0.2, 0) is 14.3 Å². The molecule has 2 atom stereocenters. The highest BCUT2D eigenvalue weighted by Crippen LogP contribution is 2.48. The van der Waals surface area contributed by atoms with Gasteiger partial charge in [0.2, 0.25) is 0 Å². The molecule has 14 heavy (non-hydrogen) atoms. The molecule has 0 bridgehead atoms. The first-order chi connectivity index (χ1) is 6.72. The van der Waals surface area contributed by atoms with Crippen LogP contribution in [0.4, 0.5) is 0 Å². The molecule has 0 radical (unpaired) electrons. The Bertz CT molecular complexity index is 314. The summed E-state index contributed by atoms with van der Waals surface area (Å²) in [4.78, 5) is 25.2. The Morgan fingerprint density at radius 2 is 2.21 bits per heavy atom. The Balaban J connectivity index is 1.96. The maximum Gasteiger partial charge on any atom is 0.321 e. The molecule has 0 aromatic heterocycles. The van der Waals surface area contributed by atoms with Crippen molar-refractivity contribution < 1.29 is 14.3 Å². The molecule has 0 aromatic carbocycles. The summed E-state index contributed by atoms with van der Waals surface area (Å²) in [7, 11) is 0. The van der Waals surface area contributed by atoms with E-state index in [1.807, 2.05) is 0 Å². The van der Waals surface area contributed by atoms with Crippen LogP contribution in [0.25, 0.3) is 0 Å². The highest BCUT2D eigenvalue weighted by Gasteiger charge is 2.60. The predicted octanol–water partition coefficient (Wildman–Crippen LogP) is 0.314. The van der Waals surface area contributed by atoms with Gasteiger partial charge in [0.1, 0.15) is 0 Å². The summed E-state index contributed by atoms with van der Waals surface area (Å²) in [6.45, 7) is 2.03. The second-order valence-electron chi connectivity index (χ2n) is 4.54. The third kappa shape index (κ3) is 0.869. The zero-order valence-electron chi connectivity index (χ0n) is 7.99. The quantitative estimate of drug-likeness (QED) is 0.412. The lowest BCUT2D eigenvalue weighted by atomic mass is 9.78. The lowest BCUT2D eigenvalue weighted by Crippen LogP contribution is -2.38. The average Bonchev–Trinajstić information content (AvgIpc) is 2.73. The van der Waals surface area contributed by atoms with Crippen LogP contribution in [0.2, 0.25) is 0 Å². The zero-order valence-corrected chi connectivity index (χ0v) is 7.99. The summed E-state index contributed by atoms with van der Waals surface area (Å²) < 4.78 is 4.70. The number of hydrogen-bond donors (Lipinski definition) is 0. The molecule has 4 nitrogen and oxygen atoms in total. The monoisotopic (exact) mass is 195 g/mol. The number of carbonyl (C=O) groups is 2. The highest BCUT2D eigenvalue weighted by molar-refractivity contribution is 5.98. The minimum atomic E-state index is -0.465. The highest BCUT2D eigenvalue weighted by atomic mass is 16.6. The van der Waals surface area contributed by atoms with Gasteiger partial charge in [-0.05, 0) is 32.4 Å². The summed E-state index contributed by atoms with van der Waals surface area (Å²) in [5.41, 5.74) is -0.465. The Hall–Kier alpha value is -0.900. The molecule has 0 aromatic rings. The van der Waals surface area contributed by atoms with Crippen molar-refractivity contribution in [2.24, 2.45) is 5.41 Å². The van der Waals surface area contributed by atoms with Crippen LogP contribution in [0.5, 0.6) is 0 Å². The lowest BCUT2D eigenvalue weighted by molar-refractivity contribution is -0.155. The van der Waals surface area contributed by atoms with Crippen molar-refractivity contribution in [1.29, 1.82) is 0 Å². The predicted molar refractivity (Wildman–Crippen MR) is 47.4 cm³/mol. The largest absolute Gasteiger partial charge is 0.393 e. The first kappa shape index (κ1) is 8.41. The first-order valence-electron chi connectivity index (χ1n) is 5.21. The molecule has 3 aliphatic heterocycles. The first-order valence-corrected chi connectivity index (χ1v) is 5.21. The molecule has 0 amide bonds. The molecule has 76 valence electrons. The molecular weight excluding hydrogens is 182 g/mol. The van der Waals surface area contributed by atoms with Gasteiger partial charge in [0.15, 0.2) is 0 Å². The summed E-state index contributed by atoms with van der Waals surface area (Å²) in [5, 5.41) is 0. The fourth-order valence-electron chi connectivity index (χ4n) is 3.24. The van der Waals surface area contributed by atoms with Gasteiger partial charge in [0.05, 0.1) is 11.8 Å². The van der Waals surface area contributed by atoms with Gasteiger partial charge < -0.3 is 4.74 Å². The molecule has 3 saturated heterocycles. The van der Waals surface area contributed by atoms with E-state index in [4.69, 9.17) is 4.74 Å². The topological polar surface area (TPSA) is 46.6 Å². The number of nitrogens with zero attached hydrogens (tertiary/aromatic N) is 1.